The number of hydrogen-bond donors (Lipinski definition) is 2. The smallest absolute Gasteiger partial charge is 0.176 e. The van der Waals surface area contributed by atoms with Crippen molar-refractivity contribution in [2.24, 2.45) is 0 Å². The molecule has 4 nitrogen and oxygen atoms in total. The van der Waals surface area contributed by atoms with Gasteiger partial charge < -0.3 is 15.2 Å². The molecule has 0 fully saturated rings. The number of hydrogen-bond acceptors (Lipinski definition) is 3. The molecule has 0 aliphatic rings. The standard InChI is InChI=1S/C12H13N3OS/c1-8-5-3-4-6-10(8)13-12(17)14-11-7-9(2)16-15-11/h3-7H,1-2H3,(H2,13,14,15,17). The second kappa shape index (κ2) is 4.97. The first kappa shape index (κ1) is 11.6. The van der Waals surface area contributed by atoms with Crippen molar-refractivity contribution in [3.05, 3.63) is 41.7 Å². The average Bonchev–Trinajstić information content (AvgIpc) is 2.67. The molecule has 0 unspecified atom stereocenters. The van der Waals surface area contributed by atoms with E-state index in [1.54, 1.807) is 6.07 Å². The van der Waals surface area contributed by atoms with Gasteiger partial charge in [0, 0.05) is 11.8 Å². The summed E-state index contributed by atoms with van der Waals surface area (Å²) in [6.07, 6.45) is 0. The van der Waals surface area contributed by atoms with Crippen LogP contribution in [-0.2, 0) is 0 Å². The summed E-state index contributed by atoms with van der Waals surface area (Å²) in [5.74, 6) is 1.35. The highest BCUT2D eigenvalue weighted by Crippen LogP contribution is 2.14. The van der Waals surface area contributed by atoms with Crippen LogP contribution in [0.15, 0.2) is 34.9 Å². The summed E-state index contributed by atoms with van der Waals surface area (Å²) in [4.78, 5) is 0. The molecule has 2 N–H and O–H groups in total. The molecule has 17 heavy (non-hydrogen) atoms. The monoisotopic (exact) mass is 247 g/mol. The third-order valence-electron chi connectivity index (χ3n) is 2.26. The molecule has 2 aromatic rings. The maximum Gasteiger partial charge on any atom is 0.176 e. The largest absolute Gasteiger partial charge is 0.360 e. The van der Waals surface area contributed by atoms with Crippen LogP contribution in [0.1, 0.15) is 11.3 Å². The van der Waals surface area contributed by atoms with Crippen molar-refractivity contribution < 1.29 is 4.52 Å². The van der Waals surface area contributed by atoms with Gasteiger partial charge in [0.15, 0.2) is 10.9 Å². The summed E-state index contributed by atoms with van der Waals surface area (Å²) in [5, 5.41) is 10.4. The Morgan fingerprint density at radius 1 is 1.24 bits per heavy atom. The second-order valence-electron chi connectivity index (χ2n) is 3.72. The van der Waals surface area contributed by atoms with E-state index in [0.29, 0.717) is 10.9 Å². The van der Waals surface area contributed by atoms with Crippen LogP contribution >= 0.6 is 12.2 Å². The Bertz CT molecular complexity index is 536. The van der Waals surface area contributed by atoms with Gasteiger partial charge in [-0.25, -0.2) is 0 Å². The highest BCUT2D eigenvalue weighted by Gasteiger charge is 2.04. The third kappa shape index (κ3) is 3.04. The highest BCUT2D eigenvalue weighted by molar-refractivity contribution is 7.80. The van der Waals surface area contributed by atoms with Crippen LogP contribution in [0, 0.1) is 13.8 Å². The number of anilines is 2. The van der Waals surface area contributed by atoms with E-state index in [9.17, 15) is 0 Å². The molecule has 2 rings (SSSR count). The van der Waals surface area contributed by atoms with E-state index < -0.39 is 0 Å². The Kier molecular flexibility index (Phi) is 3.39. The van der Waals surface area contributed by atoms with Gasteiger partial charge in [0.2, 0.25) is 0 Å². The van der Waals surface area contributed by atoms with Crippen LogP contribution in [0.4, 0.5) is 11.5 Å². The summed E-state index contributed by atoms with van der Waals surface area (Å²) >= 11 is 5.18. The van der Waals surface area contributed by atoms with E-state index >= 15 is 0 Å². The fraction of sp³-hybridized carbons (Fsp3) is 0.167. The van der Waals surface area contributed by atoms with Gasteiger partial charge in [-0.2, -0.15) is 0 Å². The van der Waals surface area contributed by atoms with Gasteiger partial charge in [-0.3, -0.25) is 0 Å². The molecule has 0 saturated carbocycles. The van der Waals surface area contributed by atoms with Crippen LogP contribution in [0.5, 0.6) is 0 Å². The number of aromatic nitrogens is 1. The zero-order valence-corrected chi connectivity index (χ0v) is 10.5. The molecule has 0 bridgehead atoms. The van der Waals surface area contributed by atoms with E-state index in [1.165, 1.54) is 0 Å². The first-order valence-corrected chi connectivity index (χ1v) is 5.63. The number of rotatable bonds is 2. The molecule has 0 aliphatic carbocycles. The average molecular weight is 247 g/mol. The van der Waals surface area contributed by atoms with Crippen molar-refractivity contribution >= 4 is 28.8 Å². The number of aryl methyl sites for hydroxylation is 2. The lowest BCUT2D eigenvalue weighted by Crippen LogP contribution is -2.19. The lowest BCUT2D eigenvalue weighted by Gasteiger charge is -2.10. The third-order valence-corrected chi connectivity index (χ3v) is 2.47. The molecule has 0 spiro atoms. The lowest BCUT2D eigenvalue weighted by atomic mass is 10.2. The fourth-order valence-corrected chi connectivity index (χ4v) is 1.62. The summed E-state index contributed by atoms with van der Waals surface area (Å²) in [7, 11) is 0. The topological polar surface area (TPSA) is 50.1 Å². The lowest BCUT2D eigenvalue weighted by molar-refractivity contribution is 0.400. The van der Waals surface area contributed by atoms with Crippen molar-refractivity contribution in [3.8, 4) is 0 Å². The summed E-state index contributed by atoms with van der Waals surface area (Å²) in [6.45, 7) is 3.85. The maximum atomic E-state index is 5.18. The molecule has 0 amide bonds. The summed E-state index contributed by atoms with van der Waals surface area (Å²) in [6, 6.07) is 9.71. The van der Waals surface area contributed by atoms with E-state index in [0.717, 1.165) is 17.0 Å². The minimum Gasteiger partial charge on any atom is -0.360 e. The van der Waals surface area contributed by atoms with Crippen molar-refractivity contribution in [2.75, 3.05) is 10.6 Å². The number of benzene rings is 1. The maximum absolute atomic E-state index is 5.18. The Labute approximate surface area is 105 Å². The minimum atomic E-state index is 0.493. The van der Waals surface area contributed by atoms with Crippen molar-refractivity contribution in [1.29, 1.82) is 0 Å². The van der Waals surface area contributed by atoms with Gasteiger partial charge in [-0.1, -0.05) is 23.4 Å². The Morgan fingerprint density at radius 3 is 2.65 bits per heavy atom. The molecule has 0 saturated heterocycles. The fourth-order valence-electron chi connectivity index (χ4n) is 1.41. The number of nitrogens with one attached hydrogen (secondary N) is 2. The Morgan fingerprint density at radius 2 is 2.00 bits per heavy atom. The van der Waals surface area contributed by atoms with Gasteiger partial charge in [-0.15, -0.1) is 0 Å². The number of nitrogens with zero attached hydrogens (tertiary/aromatic N) is 1. The van der Waals surface area contributed by atoms with Gasteiger partial charge >= 0.3 is 0 Å². The zero-order chi connectivity index (χ0) is 12.3. The predicted molar refractivity (Wildman–Crippen MR) is 72.3 cm³/mol. The SMILES string of the molecule is Cc1cc(NC(=S)Nc2ccccc2C)no1. The second-order valence-corrected chi connectivity index (χ2v) is 4.13. The first-order valence-electron chi connectivity index (χ1n) is 5.22. The predicted octanol–water partition coefficient (Wildman–Crippen LogP) is 3.10. The molecule has 0 atom stereocenters. The molecule has 0 aliphatic heterocycles. The van der Waals surface area contributed by atoms with Gasteiger partial charge in [0.05, 0.1) is 0 Å². The molecule has 0 radical (unpaired) electrons. The van der Waals surface area contributed by atoms with E-state index in [2.05, 4.69) is 15.8 Å². The molecule has 5 heteroatoms. The van der Waals surface area contributed by atoms with Gasteiger partial charge in [-0.05, 0) is 37.7 Å². The zero-order valence-electron chi connectivity index (χ0n) is 9.65. The number of para-hydroxylation sites is 1. The normalized spacial score (nSPS) is 10.0. The van der Waals surface area contributed by atoms with E-state index in [4.69, 9.17) is 16.7 Å². The quantitative estimate of drug-likeness (QED) is 0.799. The van der Waals surface area contributed by atoms with Gasteiger partial charge in [0.1, 0.15) is 5.76 Å². The molecule has 88 valence electrons. The Hall–Kier alpha value is -1.88. The van der Waals surface area contributed by atoms with Crippen LogP contribution in [-0.4, -0.2) is 10.3 Å². The van der Waals surface area contributed by atoms with Crippen LogP contribution < -0.4 is 10.6 Å². The summed E-state index contributed by atoms with van der Waals surface area (Å²) in [5.41, 5.74) is 2.11. The highest BCUT2D eigenvalue weighted by atomic mass is 32.1. The van der Waals surface area contributed by atoms with Crippen LogP contribution in [0.3, 0.4) is 0 Å². The first-order chi connectivity index (χ1) is 8.15. The van der Waals surface area contributed by atoms with Crippen LogP contribution in [0.2, 0.25) is 0 Å². The van der Waals surface area contributed by atoms with Gasteiger partial charge in [0.25, 0.3) is 0 Å². The summed E-state index contributed by atoms with van der Waals surface area (Å²) < 4.78 is 4.94. The van der Waals surface area contributed by atoms with Crippen molar-refractivity contribution in [3.63, 3.8) is 0 Å². The molecule has 1 heterocycles. The minimum absolute atomic E-state index is 0.493. The van der Waals surface area contributed by atoms with E-state index in [1.807, 2.05) is 38.1 Å². The molecule has 1 aromatic carbocycles. The van der Waals surface area contributed by atoms with E-state index in [-0.39, 0.29) is 0 Å². The van der Waals surface area contributed by atoms with Crippen LogP contribution in [0.25, 0.3) is 0 Å². The van der Waals surface area contributed by atoms with Crippen molar-refractivity contribution in [1.82, 2.24) is 5.16 Å². The Balaban J connectivity index is 2.01. The van der Waals surface area contributed by atoms with Crippen molar-refractivity contribution in [2.45, 2.75) is 13.8 Å². The molecule has 1 aromatic heterocycles. The molecular weight excluding hydrogens is 234 g/mol. The number of thiocarbonyl (C=S) groups is 1. The molecular formula is C12H13N3OS.